The standard InChI is InChI=1S/C23H19N3O5S/c27-22-19(11-16-5-7-21(24-16)23(28)29)18-12-17(6-8-20(18)25-22)32(30,31)26-10-9-14-3-1-2-4-15(14)13-26/h1-8,11-12,24H,9-10,13H2,(H,25,27)(H,28,29)/b19-11-. The van der Waals surface area contributed by atoms with Crippen LogP contribution >= 0.6 is 0 Å². The topological polar surface area (TPSA) is 120 Å². The van der Waals surface area contributed by atoms with Gasteiger partial charge in [0, 0.05) is 30.0 Å². The number of benzene rings is 2. The van der Waals surface area contributed by atoms with Gasteiger partial charge in [-0.05, 0) is 54.0 Å². The van der Waals surface area contributed by atoms with Crippen LogP contribution in [0.15, 0.2) is 59.5 Å². The van der Waals surface area contributed by atoms with E-state index in [0.717, 1.165) is 11.1 Å². The molecule has 8 nitrogen and oxygen atoms in total. The average Bonchev–Trinajstić information content (AvgIpc) is 3.38. The SMILES string of the molecule is O=C1Nc2ccc(S(=O)(=O)N3CCc4ccccc4C3)cc2/C1=C/c1ccc(C(=O)O)[nH]1. The lowest BCUT2D eigenvalue weighted by molar-refractivity contribution is -0.110. The maximum Gasteiger partial charge on any atom is 0.352 e. The van der Waals surface area contributed by atoms with Crippen molar-refractivity contribution in [1.29, 1.82) is 0 Å². The van der Waals surface area contributed by atoms with E-state index in [4.69, 9.17) is 5.11 Å². The fourth-order valence-electron chi connectivity index (χ4n) is 4.07. The zero-order chi connectivity index (χ0) is 22.5. The number of amides is 1. The fourth-order valence-corrected chi connectivity index (χ4v) is 5.52. The summed E-state index contributed by atoms with van der Waals surface area (Å²) in [7, 11) is -3.77. The number of carboxylic acids is 1. The van der Waals surface area contributed by atoms with Crippen LogP contribution in [0.25, 0.3) is 11.6 Å². The number of fused-ring (bicyclic) bond motifs is 2. The molecule has 5 rings (SSSR count). The van der Waals surface area contributed by atoms with Gasteiger partial charge in [0.05, 0.1) is 10.5 Å². The number of hydrogen-bond acceptors (Lipinski definition) is 4. The first kappa shape index (κ1) is 20.2. The van der Waals surface area contributed by atoms with E-state index in [1.165, 1.54) is 28.6 Å². The Morgan fingerprint density at radius 1 is 1.06 bits per heavy atom. The van der Waals surface area contributed by atoms with Gasteiger partial charge in [0.1, 0.15) is 5.69 Å². The molecule has 2 aromatic carbocycles. The molecule has 0 saturated carbocycles. The van der Waals surface area contributed by atoms with E-state index in [1.54, 1.807) is 12.1 Å². The molecule has 32 heavy (non-hydrogen) atoms. The highest BCUT2D eigenvalue weighted by Gasteiger charge is 2.31. The van der Waals surface area contributed by atoms with Crippen LogP contribution in [0.2, 0.25) is 0 Å². The molecule has 0 spiro atoms. The zero-order valence-corrected chi connectivity index (χ0v) is 17.6. The van der Waals surface area contributed by atoms with Gasteiger partial charge < -0.3 is 15.4 Å². The Morgan fingerprint density at radius 2 is 1.84 bits per heavy atom. The van der Waals surface area contributed by atoms with Gasteiger partial charge in [-0.1, -0.05) is 24.3 Å². The third-order valence-electron chi connectivity index (χ3n) is 5.75. The molecule has 0 aliphatic carbocycles. The number of carboxylic acid groups (broad SMARTS) is 1. The van der Waals surface area contributed by atoms with E-state index < -0.39 is 16.0 Å². The molecule has 0 radical (unpaired) electrons. The Balaban J connectivity index is 1.50. The lowest BCUT2D eigenvalue weighted by atomic mass is 10.0. The van der Waals surface area contributed by atoms with Gasteiger partial charge >= 0.3 is 5.97 Å². The number of rotatable bonds is 4. The van der Waals surface area contributed by atoms with Crippen LogP contribution in [0.1, 0.15) is 32.9 Å². The van der Waals surface area contributed by atoms with Crippen LogP contribution in [-0.2, 0) is 27.8 Å². The maximum atomic E-state index is 13.4. The van der Waals surface area contributed by atoms with Gasteiger partial charge in [-0.2, -0.15) is 4.31 Å². The molecule has 3 aromatic rings. The molecule has 3 N–H and O–H groups in total. The number of carbonyl (C=O) groups is 2. The Morgan fingerprint density at radius 3 is 2.59 bits per heavy atom. The van der Waals surface area contributed by atoms with Gasteiger partial charge in [0.25, 0.3) is 5.91 Å². The molecular weight excluding hydrogens is 430 g/mol. The van der Waals surface area contributed by atoms with Crippen molar-refractivity contribution in [1.82, 2.24) is 9.29 Å². The largest absolute Gasteiger partial charge is 0.477 e. The smallest absolute Gasteiger partial charge is 0.352 e. The summed E-state index contributed by atoms with van der Waals surface area (Å²) in [5.74, 6) is -1.49. The summed E-state index contributed by atoms with van der Waals surface area (Å²) in [6.45, 7) is 0.687. The summed E-state index contributed by atoms with van der Waals surface area (Å²) >= 11 is 0. The molecule has 0 bridgehead atoms. The van der Waals surface area contributed by atoms with Gasteiger partial charge in [-0.25, -0.2) is 13.2 Å². The monoisotopic (exact) mass is 449 g/mol. The van der Waals surface area contributed by atoms with Crippen molar-refractivity contribution in [3.05, 3.63) is 82.7 Å². The normalized spacial score (nSPS) is 17.1. The molecule has 0 fully saturated rings. The van der Waals surface area contributed by atoms with E-state index in [2.05, 4.69) is 10.3 Å². The number of nitrogens with one attached hydrogen (secondary N) is 2. The first-order valence-electron chi connectivity index (χ1n) is 9.99. The second kappa shape index (κ2) is 7.47. The predicted octanol–water partition coefficient (Wildman–Crippen LogP) is 2.95. The molecule has 0 atom stereocenters. The van der Waals surface area contributed by atoms with Crippen molar-refractivity contribution in [3.8, 4) is 0 Å². The maximum absolute atomic E-state index is 13.4. The molecule has 9 heteroatoms. The first-order chi connectivity index (χ1) is 15.3. The number of sulfonamides is 1. The lowest BCUT2D eigenvalue weighted by Gasteiger charge is -2.28. The lowest BCUT2D eigenvalue weighted by Crippen LogP contribution is -2.35. The summed E-state index contributed by atoms with van der Waals surface area (Å²) in [6, 6.07) is 15.3. The quantitative estimate of drug-likeness (QED) is 0.529. The van der Waals surface area contributed by atoms with Crippen molar-refractivity contribution in [2.45, 2.75) is 17.9 Å². The molecule has 0 unspecified atom stereocenters. The highest BCUT2D eigenvalue weighted by molar-refractivity contribution is 7.89. The number of anilines is 1. The number of aromatic carboxylic acids is 1. The highest BCUT2D eigenvalue weighted by Crippen LogP contribution is 2.36. The Kier molecular flexibility index (Phi) is 4.72. The molecule has 1 aromatic heterocycles. The first-order valence-corrected chi connectivity index (χ1v) is 11.4. The van der Waals surface area contributed by atoms with E-state index in [-0.39, 0.29) is 22.1 Å². The van der Waals surface area contributed by atoms with Crippen molar-refractivity contribution in [2.75, 3.05) is 11.9 Å². The van der Waals surface area contributed by atoms with Gasteiger partial charge in [0.2, 0.25) is 10.0 Å². The number of hydrogen-bond donors (Lipinski definition) is 3. The second-order valence-corrected chi connectivity index (χ2v) is 9.65. The minimum Gasteiger partial charge on any atom is -0.477 e. The molecular formula is C23H19N3O5S. The van der Waals surface area contributed by atoms with Crippen LogP contribution in [0.3, 0.4) is 0 Å². The van der Waals surface area contributed by atoms with E-state index in [9.17, 15) is 18.0 Å². The van der Waals surface area contributed by atoms with E-state index in [0.29, 0.717) is 36.5 Å². The molecule has 3 heterocycles. The Hall–Kier alpha value is -3.69. The number of H-pyrrole nitrogens is 1. The third kappa shape index (κ3) is 3.41. The van der Waals surface area contributed by atoms with Crippen molar-refractivity contribution in [3.63, 3.8) is 0 Å². The highest BCUT2D eigenvalue weighted by atomic mass is 32.2. The van der Waals surface area contributed by atoms with E-state index in [1.807, 2.05) is 24.3 Å². The van der Waals surface area contributed by atoms with Crippen molar-refractivity contribution >= 4 is 39.2 Å². The Bertz CT molecular complexity index is 1400. The van der Waals surface area contributed by atoms with Gasteiger partial charge in [-0.3, -0.25) is 4.79 Å². The summed E-state index contributed by atoms with van der Waals surface area (Å²) in [5, 5.41) is 11.8. The fraction of sp³-hybridized carbons (Fsp3) is 0.130. The average molecular weight is 449 g/mol. The molecule has 0 saturated heterocycles. The molecule has 2 aliphatic heterocycles. The minimum absolute atomic E-state index is 0.00260. The molecule has 1 amide bonds. The number of carbonyl (C=O) groups excluding carboxylic acids is 1. The van der Waals surface area contributed by atoms with Crippen molar-refractivity contribution in [2.24, 2.45) is 0 Å². The van der Waals surface area contributed by atoms with Gasteiger partial charge in [-0.15, -0.1) is 0 Å². The van der Waals surface area contributed by atoms with Crippen LogP contribution in [0, 0.1) is 0 Å². The van der Waals surface area contributed by atoms with Crippen molar-refractivity contribution < 1.29 is 23.1 Å². The number of nitrogens with zero attached hydrogens (tertiary/aromatic N) is 1. The number of aromatic nitrogens is 1. The zero-order valence-electron chi connectivity index (χ0n) is 16.8. The van der Waals surface area contributed by atoms with Crippen LogP contribution in [-0.4, -0.2) is 41.2 Å². The Labute approximate surface area is 184 Å². The predicted molar refractivity (Wildman–Crippen MR) is 118 cm³/mol. The summed E-state index contributed by atoms with van der Waals surface area (Å²) in [6.07, 6.45) is 2.16. The van der Waals surface area contributed by atoms with Crippen LogP contribution in [0.4, 0.5) is 5.69 Å². The third-order valence-corrected chi connectivity index (χ3v) is 7.59. The summed E-state index contributed by atoms with van der Waals surface area (Å²) in [4.78, 5) is 26.4. The summed E-state index contributed by atoms with van der Waals surface area (Å²) in [5.41, 5.74) is 3.80. The second-order valence-electron chi connectivity index (χ2n) is 7.71. The molecule has 2 aliphatic rings. The van der Waals surface area contributed by atoms with Crippen LogP contribution < -0.4 is 5.32 Å². The van der Waals surface area contributed by atoms with Crippen LogP contribution in [0.5, 0.6) is 0 Å². The summed E-state index contributed by atoms with van der Waals surface area (Å²) < 4.78 is 28.2. The minimum atomic E-state index is -3.77. The van der Waals surface area contributed by atoms with E-state index >= 15 is 0 Å². The number of aromatic amines is 1. The van der Waals surface area contributed by atoms with Gasteiger partial charge in [0.15, 0.2) is 0 Å². The molecule has 162 valence electrons.